The second kappa shape index (κ2) is 7.01. The highest BCUT2D eigenvalue weighted by Gasteiger charge is 2.19. The molecule has 1 aromatic carbocycles. The summed E-state index contributed by atoms with van der Waals surface area (Å²) in [5, 5.41) is 4.18. The Labute approximate surface area is 120 Å². The van der Waals surface area contributed by atoms with Gasteiger partial charge in [0.25, 0.3) is 0 Å². The van der Waals surface area contributed by atoms with Gasteiger partial charge in [-0.3, -0.25) is 0 Å². The first kappa shape index (κ1) is 14.5. The lowest BCUT2D eigenvalue weighted by molar-refractivity contribution is 0.317. The van der Waals surface area contributed by atoms with Crippen LogP contribution in [-0.4, -0.2) is 18.7 Å². The molecule has 0 aromatic heterocycles. The number of hydrogen-bond donors (Lipinski definition) is 2. The molecule has 1 aromatic rings. The van der Waals surface area contributed by atoms with Gasteiger partial charge in [0.15, 0.2) is 0 Å². The maximum Gasteiger partial charge on any atom is 0.138 e. The van der Waals surface area contributed by atoms with Crippen LogP contribution in [-0.2, 0) is 0 Å². The van der Waals surface area contributed by atoms with Gasteiger partial charge in [-0.15, -0.1) is 0 Å². The molecular weight excluding hydrogens is 260 g/mol. The van der Waals surface area contributed by atoms with Crippen molar-refractivity contribution in [3.8, 4) is 5.75 Å². The summed E-state index contributed by atoms with van der Waals surface area (Å²) in [6.07, 6.45) is 5.54. The molecule has 0 saturated heterocycles. The molecule has 0 heterocycles. The lowest BCUT2D eigenvalue weighted by Crippen LogP contribution is -2.34. The van der Waals surface area contributed by atoms with E-state index >= 15 is 0 Å². The number of anilines is 1. The van der Waals surface area contributed by atoms with E-state index in [0.29, 0.717) is 23.7 Å². The van der Waals surface area contributed by atoms with Crippen LogP contribution in [0.1, 0.15) is 39.0 Å². The Bertz CT molecular complexity index is 411. The maximum absolute atomic E-state index is 6.22. The van der Waals surface area contributed by atoms with Crippen molar-refractivity contribution in [2.45, 2.75) is 51.1 Å². The van der Waals surface area contributed by atoms with Gasteiger partial charge >= 0.3 is 0 Å². The van der Waals surface area contributed by atoms with E-state index in [4.69, 9.17) is 22.1 Å². The molecule has 0 spiro atoms. The van der Waals surface area contributed by atoms with Crippen molar-refractivity contribution in [3.63, 3.8) is 0 Å². The van der Waals surface area contributed by atoms with Crippen LogP contribution in [0.5, 0.6) is 5.75 Å². The molecular formula is C15H23ClN2O. The van der Waals surface area contributed by atoms with Gasteiger partial charge in [-0.25, -0.2) is 0 Å². The fraction of sp³-hybridized carbons (Fsp3) is 0.600. The molecule has 1 saturated carbocycles. The van der Waals surface area contributed by atoms with E-state index in [2.05, 4.69) is 12.2 Å². The van der Waals surface area contributed by atoms with Crippen molar-refractivity contribution >= 4 is 17.3 Å². The number of nitrogens with two attached hydrogens (primary N) is 1. The quantitative estimate of drug-likeness (QED) is 0.863. The summed E-state index contributed by atoms with van der Waals surface area (Å²) in [5.74, 6) is 0.759. The van der Waals surface area contributed by atoms with Crippen molar-refractivity contribution in [1.82, 2.24) is 0 Å². The largest absolute Gasteiger partial charge is 0.492 e. The van der Waals surface area contributed by atoms with Crippen LogP contribution in [0, 0.1) is 0 Å². The highest BCUT2D eigenvalue weighted by Crippen LogP contribution is 2.29. The molecule has 19 heavy (non-hydrogen) atoms. The Morgan fingerprint density at radius 1 is 1.42 bits per heavy atom. The van der Waals surface area contributed by atoms with E-state index in [1.54, 1.807) is 0 Å². The third-order valence-corrected chi connectivity index (χ3v) is 3.77. The van der Waals surface area contributed by atoms with E-state index < -0.39 is 0 Å². The molecule has 1 aliphatic carbocycles. The fourth-order valence-electron chi connectivity index (χ4n) is 2.51. The minimum atomic E-state index is 0.328. The first-order valence-electron chi connectivity index (χ1n) is 7.13. The SMILES string of the molecule is CCCOc1ccc(NC2CCCC(N)C2)cc1Cl. The zero-order valence-electron chi connectivity index (χ0n) is 11.5. The zero-order chi connectivity index (χ0) is 13.7. The van der Waals surface area contributed by atoms with Crippen molar-refractivity contribution in [2.24, 2.45) is 5.73 Å². The van der Waals surface area contributed by atoms with Crippen LogP contribution in [0.4, 0.5) is 5.69 Å². The monoisotopic (exact) mass is 282 g/mol. The number of nitrogens with one attached hydrogen (secondary N) is 1. The number of benzene rings is 1. The second-order valence-corrected chi connectivity index (χ2v) is 5.67. The minimum absolute atomic E-state index is 0.328. The van der Waals surface area contributed by atoms with Crippen LogP contribution in [0.2, 0.25) is 5.02 Å². The van der Waals surface area contributed by atoms with E-state index in [9.17, 15) is 0 Å². The normalized spacial score (nSPS) is 23.1. The summed E-state index contributed by atoms with van der Waals surface area (Å²) >= 11 is 6.22. The molecule has 3 N–H and O–H groups in total. The van der Waals surface area contributed by atoms with Crippen LogP contribution >= 0.6 is 11.6 Å². The zero-order valence-corrected chi connectivity index (χ0v) is 12.2. The number of hydrogen-bond acceptors (Lipinski definition) is 3. The van der Waals surface area contributed by atoms with Gasteiger partial charge in [0.2, 0.25) is 0 Å². The van der Waals surface area contributed by atoms with Crippen LogP contribution < -0.4 is 15.8 Å². The topological polar surface area (TPSA) is 47.3 Å². The van der Waals surface area contributed by atoms with Crippen molar-refractivity contribution in [3.05, 3.63) is 23.2 Å². The van der Waals surface area contributed by atoms with Crippen LogP contribution in [0.15, 0.2) is 18.2 Å². The van der Waals surface area contributed by atoms with Gasteiger partial charge in [-0.05, 0) is 50.3 Å². The van der Waals surface area contributed by atoms with Crippen molar-refractivity contribution in [1.29, 1.82) is 0 Å². The predicted octanol–water partition coefficient (Wildman–Crippen LogP) is 3.81. The van der Waals surface area contributed by atoms with Gasteiger partial charge in [0.1, 0.15) is 5.75 Å². The standard InChI is InChI=1S/C15H23ClN2O/c1-2-8-19-15-7-6-13(10-14(15)16)18-12-5-3-4-11(17)9-12/h6-7,10-12,18H,2-5,8-9,17H2,1H3. The molecule has 0 radical (unpaired) electrons. The second-order valence-electron chi connectivity index (χ2n) is 5.26. The van der Waals surface area contributed by atoms with E-state index in [1.165, 1.54) is 12.8 Å². The molecule has 1 aliphatic rings. The molecule has 106 valence electrons. The fourth-order valence-corrected chi connectivity index (χ4v) is 2.75. The molecule has 1 fully saturated rings. The van der Waals surface area contributed by atoms with Crippen LogP contribution in [0.25, 0.3) is 0 Å². The van der Waals surface area contributed by atoms with Gasteiger partial charge in [-0.1, -0.05) is 18.5 Å². The first-order valence-corrected chi connectivity index (χ1v) is 7.51. The Balaban J connectivity index is 1.95. The summed E-state index contributed by atoms with van der Waals surface area (Å²) in [6.45, 7) is 2.78. The highest BCUT2D eigenvalue weighted by atomic mass is 35.5. The molecule has 0 aliphatic heterocycles. The Hall–Kier alpha value is -0.930. The summed E-state index contributed by atoms with van der Waals surface area (Å²) in [6, 6.07) is 6.68. The highest BCUT2D eigenvalue weighted by molar-refractivity contribution is 6.32. The molecule has 2 unspecified atom stereocenters. The maximum atomic E-state index is 6.22. The van der Waals surface area contributed by atoms with Crippen molar-refractivity contribution in [2.75, 3.05) is 11.9 Å². The number of ether oxygens (including phenoxy) is 1. The summed E-state index contributed by atoms with van der Waals surface area (Å²) in [7, 11) is 0. The van der Waals surface area contributed by atoms with E-state index in [0.717, 1.165) is 30.7 Å². The summed E-state index contributed by atoms with van der Waals surface area (Å²) < 4.78 is 5.57. The molecule has 0 amide bonds. The van der Waals surface area contributed by atoms with Crippen LogP contribution in [0.3, 0.4) is 0 Å². The molecule has 4 heteroatoms. The van der Waals surface area contributed by atoms with Crippen molar-refractivity contribution < 1.29 is 4.74 Å². The lowest BCUT2D eigenvalue weighted by Gasteiger charge is -2.28. The summed E-state index contributed by atoms with van der Waals surface area (Å²) in [5.41, 5.74) is 7.05. The van der Waals surface area contributed by atoms with E-state index in [-0.39, 0.29) is 0 Å². The number of rotatable bonds is 5. The van der Waals surface area contributed by atoms with Gasteiger partial charge < -0.3 is 15.8 Å². The average Bonchev–Trinajstić information content (AvgIpc) is 2.38. The van der Waals surface area contributed by atoms with E-state index in [1.807, 2.05) is 18.2 Å². The van der Waals surface area contributed by atoms with Gasteiger partial charge in [-0.2, -0.15) is 0 Å². The average molecular weight is 283 g/mol. The predicted molar refractivity (Wildman–Crippen MR) is 81.1 cm³/mol. The smallest absolute Gasteiger partial charge is 0.138 e. The third-order valence-electron chi connectivity index (χ3n) is 3.48. The van der Waals surface area contributed by atoms with Gasteiger partial charge in [0.05, 0.1) is 11.6 Å². The Morgan fingerprint density at radius 3 is 2.95 bits per heavy atom. The molecule has 0 bridgehead atoms. The van der Waals surface area contributed by atoms with Gasteiger partial charge in [0, 0.05) is 17.8 Å². The molecule has 2 rings (SSSR count). The number of halogens is 1. The molecule has 2 atom stereocenters. The lowest BCUT2D eigenvalue weighted by atomic mass is 9.91. The first-order chi connectivity index (χ1) is 9.19. The molecule has 3 nitrogen and oxygen atoms in total. The third kappa shape index (κ3) is 4.29. The Morgan fingerprint density at radius 2 is 2.26 bits per heavy atom. The summed E-state index contributed by atoms with van der Waals surface area (Å²) in [4.78, 5) is 0. The Kier molecular flexibility index (Phi) is 5.34. The minimum Gasteiger partial charge on any atom is -0.492 e.